The predicted octanol–water partition coefficient (Wildman–Crippen LogP) is 2.06. The Kier molecular flexibility index (Phi) is 9.35. The second-order valence-corrected chi connectivity index (χ2v) is 7.00. The Balaban J connectivity index is 2.18. The lowest BCUT2D eigenvalue weighted by atomic mass is 10.1. The standard InChI is InChI=1S/C22H30N4O4/c1-16(14-28-4)23-9-6-7-18-11-19(13-20(12-18)30-17(2)15-29-5)22(27)24-21-8-10-26(3)25-21/h8,10-13,16-17,23H,9,14-15H2,1-5H3,(H,24,25,27)/t16?,17-/m0/s1. The number of carbonyl (C=O) groups is 1. The largest absolute Gasteiger partial charge is 0.488 e. The molecule has 0 saturated heterocycles. The molecule has 1 aromatic heterocycles. The zero-order valence-corrected chi connectivity index (χ0v) is 18.2. The van der Waals surface area contributed by atoms with Gasteiger partial charge in [-0.25, -0.2) is 0 Å². The average Bonchev–Trinajstić information content (AvgIpc) is 3.10. The van der Waals surface area contributed by atoms with Crippen LogP contribution in [0.3, 0.4) is 0 Å². The molecule has 0 fully saturated rings. The fourth-order valence-corrected chi connectivity index (χ4v) is 2.72. The lowest BCUT2D eigenvalue weighted by molar-refractivity contribution is 0.0917. The smallest absolute Gasteiger partial charge is 0.257 e. The summed E-state index contributed by atoms with van der Waals surface area (Å²) in [7, 11) is 5.07. The minimum atomic E-state index is -0.284. The van der Waals surface area contributed by atoms with Crippen LogP contribution in [0.2, 0.25) is 0 Å². The lowest BCUT2D eigenvalue weighted by Crippen LogP contribution is -2.30. The number of ether oxygens (including phenoxy) is 3. The van der Waals surface area contributed by atoms with E-state index in [1.165, 1.54) is 0 Å². The van der Waals surface area contributed by atoms with Crippen LogP contribution < -0.4 is 15.4 Å². The van der Waals surface area contributed by atoms with Crippen LogP contribution in [0.4, 0.5) is 5.82 Å². The van der Waals surface area contributed by atoms with Gasteiger partial charge in [0.25, 0.3) is 5.91 Å². The van der Waals surface area contributed by atoms with Crippen molar-refractivity contribution < 1.29 is 19.0 Å². The predicted molar refractivity (Wildman–Crippen MR) is 116 cm³/mol. The van der Waals surface area contributed by atoms with Crippen LogP contribution in [0.25, 0.3) is 0 Å². The van der Waals surface area contributed by atoms with Gasteiger partial charge in [-0.15, -0.1) is 0 Å². The van der Waals surface area contributed by atoms with Crippen LogP contribution in [0.5, 0.6) is 5.75 Å². The van der Waals surface area contributed by atoms with Gasteiger partial charge in [0.05, 0.1) is 19.8 Å². The molecule has 0 aliphatic rings. The summed E-state index contributed by atoms with van der Waals surface area (Å²) >= 11 is 0. The first kappa shape index (κ1) is 23.4. The Labute approximate surface area is 177 Å². The highest BCUT2D eigenvalue weighted by molar-refractivity contribution is 6.04. The van der Waals surface area contributed by atoms with Crippen molar-refractivity contribution >= 4 is 11.7 Å². The molecule has 2 aromatic rings. The fraction of sp³-hybridized carbons (Fsp3) is 0.455. The molecular weight excluding hydrogens is 384 g/mol. The first-order chi connectivity index (χ1) is 14.4. The highest BCUT2D eigenvalue weighted by Crippen LogP contribution is 2.19. The number of rotatable bonds is 10. The third kappa shape index (κ3) is 7.87. The second-order valence-electron chi connectivity index (χ2n) is 7.00. The summed E-state index contributed by atoms with van der Waals surface area (Å²) in [6.07, 6.45) is 1.59. The molecule has 8 heteroatoms. The molecule has 0 spiro atoms. The molecule has 162 valence electrons. The van der Waals surface area contributed by atoms with Gasteiger partial charge in [0.1, 0.15) is 11.9 Å². The minimum Gasteiger partial charge on any atom is -0.488 e. The number of amides is 1. The van der Waals surface area contributed by atoms with Gasteiger partial charge in [0, 0.05) is 50.7 Å². The maximum atomic E-state index is 12.7. The Morgan fingerprint density at radius 1 is 1.20 bits per heavy atom. The van der Waals surface area contributed by atoms with Crippen molar-refractivity contribution in [2.24, 2.45) is 7.05 Å². The summed E-state index contributed by atoms with van der Waals surface area (Å²) in [5.74, 6) is 6.91. The molecule has 2 N–H and O–H groups in total. The number of hydrogen-bond donors (Lipinski definition) is 2. The highest BCUT2D eigenvalue weighted by atomic mass is 16.5. The monoisotopic (exact) mass is 414 g/mol. The summed E-state index contributed by atoms with van der Waals surface area (Å²) < 4.78 is 17.7. The normalized spacial score (nSPS) is 12.6. The van der Waals surface area contributed by atoms with Gasteiger partial charge in [0.15, 0.2) is 5.82 Å². The summed E-state index contributed by atoms with van der Waals surface area (Å²) in [4.78, 5) is 12.7. The van der Waals surface area contributed by atoms with Crippen LogP contribution in [0, 0.1) is 11.8 Å². The number of nitrogens with zero attached hydrogens (tertiary/aromatic N) is 2. The number of benzene rings is 1. The Morgan fingerprint density at radius 2 is 1.97 bits per heavy atom. The highest BCUT2D eigenvalue weighted by Gasteiger charge is 2.12. The van der Waals surface area contributed by atoms with E-state index < -0.39 is 0 Å². The number of methoxy groups -OCH3 is 2. The van der Waals surface area contributed by atoms with E-state index in [2.05, 4.69) is 27.6 Å². The van der Waals surface area contributed by atoms with Gasteiger partial charge in [-0.1, -0.05) is 11.8 Å². The topological polar surface area (TPSA) is 86.6 Å². The van der Waals surface area contributed by atoms with Crippen molar-refractivity contribution in [2.75, 3.05) is 39.3 Å². The van der Waals surface area contributed by atoms with E-state index >= 15 is 0 Å². The van der Waals surface area contributed by atoms with Crippen LogP contribution in [0.1, 0.15) is 29.8 Å². The average molecular weight is 415 g/mol. The Bertz CT molecular complexity index is 885. The van der Waals surface area contributed by atoms with Crippen LogP contribution in [-0.2, 0) is 16.5 Å². The molecule has 0 radical (unpaired) electrons. The second kappa shape index (κ2) is 12.0. The number of anilines is 1. The van der Waals surface area contributed by atoms with Crippen LogP contribution >= 0.6 is 0 Å². The van der Waals surface area contributed by atoms with Crippen molar-refractivity contribution in [1.82, 2.24) is 15.1 Å². The van der Waals surface area contributed by atoms with E-state index in [0.29, 0.717) is 42.5 Å². The fourth-order valence-electron chi connectivity index (χ4n) is 2.72. The number of hydrogen-bond acceptors (Lipinski definition) is 6. The minimum absolute atomic E-state index is 0.165. The van der Waals surface area contributed by atoms with Gasteiger partial charge in [-0.2, -0.15) is 5.10 Å². The summed E-state index contributed by atoms with van der Waals surface area (Å²) in [5, 5.41) is 10.2. The molecule has 0 aliphatic carbocycles. The zero-order valence-electron chi connectivity index (χ0n) is 18.2. The molecule has 1 unspecified atom stereocenters. The third-order valence-electron chi connectivity index (χ3n) is 4.05. The van der Waals surface area contributed by atoms with Crippen molar-refractivity contribution in [3.63, 3.8) is 0 Å². The lowest BCUT2D eigenvalue weighted by Gasteiger charge is -2.15. The molecule has 30 heavy (non-hydrogen) atoms. The molecule has 1 amide bonds. The first-order valence-electron chi connectivity index (χ1n) is 9.74. The van der Waals surface area contributed by atoms with Gasteiger partial charge < -0.3 is 24.8 Å². The molecule has 0 saturated carbocycles. The van der Waals surface area contributed by atoms with E-state index in [4.69, 9.17) is 14.2 Å². The molecule has 2 atom stereocenters. The van der Waals surface area contributed by atoms with Gasteiger partial charge in [-0.3, -0.25) is 9.48 Å². The Morgan fingerprint density at radius 3 is 2.63 bits per heavy atom. The zero-order chi connectivity index (χ0) is 21.9. The molecule has 8 nitrogen and oxygen atoms in total. The molecule has 1 heterocycles. The first-order valence-corrected chi connectivity index (χ1v) is 9.74. The molecular formula is C22H30N4O4. The maximum absolute atomic E-state index is 12.7. The van der Waals surface area contributed by atoms with E-state index in [-0.39, 0.29) is 18.1 Å². The molecule has 0 bridgehead atoms. The SMILES string of the molecule is COCC(C)NCC#Cc1cc(O[C@@H](C)COC)cc(C(=O)Nc2ccn(C)n2)c1. The van der Waals surface area contributed by atoms with Gasteiger partial charge in [0.2, 0.25) is 0 Å². The summed E-state index contributed by atoms with van der Waals surface area (Å²) in [6.45, 7) is 5.48. The van der Waals surface area contributed by atoms with Crippen LogP contribution in [0.15, 0.2) is 30.5 Å². The molecule has 0 aliphatic heterocycles. The number of carbonyl (C=O) groups excluding carboxylic acids is 1. The van der Waals surface area contributed by atoms with Crippen molar-refractivity contribution in [3.8, 4) is 17.6 Å². The van der Waals surface area contributed by atoms with Crippen molar-refractivity contribution in [3.05, 3.63) is 41.6 Å². The number of nitrogens with one attached hydrogen (secondary N) is 2. The summed E-state index contributed by atoms with van der Waals surface area (Å²) in [5.41, 5.74) is 1.12. The molecule has 2 rings (SSSR count). The third-order valence-corrected chi connectivity index (χ3v) is 4.05. The van der Waals surface area contributed by atoms with E-state index in [9.17, 15) is 4.79 Å². The molecule has 1 aromatic carbocycles. The maximum Gasteiger partial charge on any atom is 0.257 e. The van der Waals surface area contributed by atoms with E-state index in [1.807, 2.05) is 19.9 Å². The summed E-state index contributed by atoms with van der Waals surface area (Å²) in [6, 6.07) is 7.17. The van der Waals surface area contributed by atoms with Gasteiger partial charge in [-0.05, 0) is 32.0 Å². The van der Waals surface area contributed by atoms with Crippen molar-refractivity contribution in [2.45, 2.75) is 26.0 Å². The number of aromatic nitrogens is 2. The van der Waals surface area contributed by atoms with E-state index in [0.717, 1.165) is 0 Å². The van der Waals surface area contributed by atoms with Gasteiger partial charge >= 0.3 is 0 Å². The quantitative estimate of drug-likeness (QED) is 0.579. The number of aryl methyl sites for hydroxylation is 1. The van der Waals surface area contributed by atoms with E-state index in [1.54, 1.807) is 50.3 Å². The Hall–Kier alpha value is -2.86. The van der Waals surface area contributed by atoms with Crippen molar-refractivity contribution in [1.29, 1.82) is 0 Å². The van der Waals surface area contributed by atoms with Crippen LogP contribution in [-0.4, -0.2) is 61.8 Å².